The molecule has 0 aliphatic carbocycles. The molecule has 0 spiro atoms. The van der Waals surface area contributed by atoms with Gasteiger partial charge >= 0.3 is 11.9 Å². The van der Waals surface area contributed by atoms with Gasteiger partial charge in [0, 0.05) is 0 Å². The number of carbonyl (C=O) groups excluding carboxylic acids is 2. The third-order valence-electron chi connectivity index (χ3n) is 4.00. The lowest BCUT2D eigenvalue weighted by Crippen LogP contribution is -2.42. The second-order valence-corrected chi connectivity index (χ2v) is 5.85. The van der Waals surface area contributed by atoms with E-state index in [1.165, 1.54) is 0 Å². The quantitative estimate of drug-likeness (QED) is 0.659. The van der Waals surface area contributed by atoms with Crippen LogP contribution in [0.3, 0.4) is 0 Å². The van der Waals surface area contributed by atoms with Gasteiger partial charge in [0.25, 0.3) is 0 Å². The Kier molecular flexibility index (Phi) is 7.98. The normalized spacial score (nSPS) is 14.0. The highest BCUT2D eigenvalue weighted by Gasteiger charge is 2.33. The first-order valence-corrected chi connectivity index (χ1v) is 8.95. The van der Waals surface area contributed by atoms with E-state index in [1.807, 2.05) is 24.3 Å². The Balaban J connectivity index is 2.37. The fraction of sp³-hybridized carbons (Fsp3) is 0.333. The van der Waals surface area contributed by atoms with Gasteiger partial charge in [0.15, 0.2) is 6.10 Å². The summed E-state index contributed by atoms with van der Waals surface area (Å²) in [5.74, 6) is -1.24. The summed E-state index contributed by atoms with van der Waals surface area (Å²) >= 11 is 0. The molecule has 0 aliphatic rings. The van der Waals surface area contributed by atoms with E-state index in [0.717, 1.165) is 0 Å². The molecule has 0 fully saturated rings. The van der Waals surface area contributed by atoms with Gasteiger partial charge < -0.3 is 14.6 Å². The van der Waals surface area contributed by atoms with Crippen LogP contribution in [0.25, 0.3) is 0 Å². The van der Waals surface area contributed by atoms with Crippen LogP contribution in [0.1, 0.15) is 37.1 Å². The minimum Gasteiger partial charge on any atom is -0.465 e. The van der Waals surface area contributed by atoms with Crippen LogP contribution in [0.2, 0.25) is 0 Å². The van der Waals surface area contributed by atoms with Gasteiger partial charge in [-0.3, -0.25) is 5.32 Å². The molecule has 0 amide bonds. The number of esters is 2. The van der Waals surface area contributed by atoms with Crippen molar-refractivity contribution in [1.82, 2.24) is 5.32 Å². The molecule has 27 heavy (non-hydrogen) atoms. The van der Waals surface area contributed by atoms with Crippen LogP contribution in [0.4, 0.5) is 0 Å². The Labute approximate surface area is 159 Å². The topological polar surface area (TPSA) is 84.9 Å². The van der Waals surface area contributed by atoms with Gasteiger partial charge in [-0.15, -0.1) is 0 Å². The Morgan fingerprint density at radius 3 is 1.85 bits per heavy atom. The van der Waals surface area contributed by atoms with Gasteiger partial charge in [0.1, 0.15) is 6.04 Å². The number of benzene rings is 2. The monoisotopic (exact) mass is 371 g/mol. The van der Waals surface area contributed by atoms with E-state index in [0.29, 0.717) is 11.1 Å². The van der Waals surface area contributed by atoms with Gasteiger partial charge in [-0.25, -0.2) is 9.59 Å². The average Bonchev–Trinajstić information content (AvgIpc) is 2.70. The van der Waals surface area contributed by atoms with Gasteiger partial charge in [-0.2, -0.15) is 0 Å². The van der Waals surface area contributed by atoms with Crippen molar-refractivity contribution in [3.63, 3.8) is 0 Å². The number of carbonyl (C=O) groups is 2. The summed E-state index contributed by atoms with van der Waals surface area (Å²) in [6.07, 6.45) is -1.48. The summed E-state index contributed by atoms with van der Waals surface area (Å²) in [5, 5.41) is 13.7. The molecule has 0 saturated heterocycles. The smallest absolute Gasteiger partial charge is 0.336 e. The van der Waals surface area contributed by atoms with E-state index >= 15 is 0 Å². The molecular weight excluding hydrogens is 346 g/mol. The molecule has 3 atom stereocenters. The zero-order chi connectivity index (χ0) is 19.6. The van der Waals surface area contributed by atoms with Crippen LogP contribution in [0.5, 0.6) is 0 Å². The van der Waals surface area contributed by atoms with E-state index in [-0.39, 0.29) is 13.2 Å². The molecule has 6 nitrogen and oxygen atoms in total. The molecule has 144 valence electrons. The fourth-order valence-electron chi connectivity index (χ4n) is 2.74. The van der Waals surface area contributed by atoms with Crippen LogP contribution in [-0.2, 0) is 19.1 Å². The van der Waals surface area contributed by atoms with Crippen molar-refractivity contribution in [2.75, 3.05) is 13.2 Å². The zero-order valence-corrected chi connectivity index (χ0v) is 15.5. The molecule has 2 rings (SSSR count). The van der Waals surface area contributed by atoms with Crippen molar-refractivity contribution in [1.29, 1.82) is 0 Å². The third-order valence-corrected chi connectivity index (χ3v) is 4.00. The minimum absolute atomic E-state index is 0.150. The number of aliphatic hydroxyl groups excluding tert-OH is 1. The number of hydrogen-bond acceptors (Lipinski definition) is 6. The number of nitrogens with one attached hydrogen (secondary N) is 1. The van der Waals surface area contributed by atoms with E-state index in [1.54, 1.807) is 50.2 Å². The first-order chi connectivity index (χ1) is 13.1. The standard InChI is InChI=1S/C21H25NO5/c1-3-26-20(24)18(16-13-9-6-10-14-16)22-17(15-11-7-5-8-12-15)19(23)21(25)27-4-2/h5-14,17-19,22-23H,3-4H2,1-2H3/t17-,18?,19-/m1/s1. The molecule has 2 aromatic rings. The molecule has 0 saturated carbocycles. The summed E-state index contributed by atoms with van der Waals surface area (Å²) in [6.45, 7) is 3.76. The lowest BCUT2D eigenvalue weighted by Gasteiger charge is -2.28. The largest absolute Gasteiger partial charge is 0.465 e. The Bertz CT molecular complexity index is 720. The lowest BCUT2D eigenvalue weighted by molar-refractivity contribution is -0.156. The predicted octanol–water partition coefficient (Wildman–Crippen LogP) is 2.55. The van der Waals surface area contributed by atoms with Crippen molar-refractivity contribution < 1.29 is 24.2 Å². The third kappa shape index (κ3) is 5.64. The number of hydrogen-bond donors (Lipinski definition) is 2. The Hall–Kier alpha value is -2.70. The Morgan fingerprint density at radius 1 is 0.852 bits per heavy atom. The zero-order valence-electron chi connectivity index (χ0n) is 15.5. The van der Waals surface area contributed by atoms with E-state index in [2.05, 4.69) is 5.32 Å². The van der Waals surface area contributed by atoms with Crippen molar-refractivity contribution in [3.05, 3.63) is 71.8 Å². The Morgan fingerprint density at radius 2 is 1.33 bits per heavy atom. The average molecular weight is 371 g/mol. The van der Waals surface area contributed by atoms with E-state index < -0.39 is 30.1 Å². The summed E-state index contributed by atoms with van der Waals surface area (Å²) in [5.41, 5.74) is 1.33. The second kappa shape index (κ2) is 10.4. The van der Waals surface area contributed by atoms with E-state index in [4.69, 9.17) is 9.47 Å². The fourth-order valence-corrected chi connectivity index (χ4v) is 2.74. The summed E-state index contributed by atoms with van der Waals surface area (Å²) in [7, 11) is 0. The van der Waals surface area contributed by atoms with Crippen molar-refractivity contribution in [3.8, 4) is 0 Å². The molecule has 0 aliphatic heterocycles. The molecule has 0 radical (unpaired) electrons. The first kappa shape index (κ1) is 20.6. The molecular formula is C21H25NO5. The predicted molar refractivity (Wildman–Crippen MR) is 101 cm³/mol. The number of aliphatic hydroxyl groups is 1. The lowest BCUT2D eigenvalue weighted by atomic mass is 9.98. The SMILES string of the molecule is CCOC(=O)C(N[C@H](c1ccccc1)[C@@H](O)C(=O)OCC)c1ccccc1. The van der Waals surface area contributed by atoms with Gasteiger partial charge in [0.05, 0.1) is 19.3 Å². The van der Waals surface area contributed by atoms with Crippen molar-refractivity contribution >= 4 is 11.9 Å². The highest BCUT2D eigenvalue weighted by molar-refractivity contribution is 5.79. The van der Waals surface area contributed by atoms with Crippen molar-refractivity contribution in [2.24, 2.45) is 0 Å². The maximum absolute atomic E-state index is 12.5. The molecule has 0 aromatic heterocycles. The second-order valence-electron chi connectivity index (χ2n) is 5.85. The maximum atomic E-state index is 12.5. The molecule has 2 aromatic carbocycles. The maximum Gasteiger partial charge on any atom is 0.336 e. The molecule has 2 N–H and O–H groups in total. The highest BCUT2D eigenvalue weighted by Crippen LogP contribution is 2.24. The van der Waals surface area contributed by atoms with Crippen molar-refractivity contribution in [2.45, 2.75) is 32.0 Å². The molecule has 6 heteroatoms. The highest BCUT2D eigenvalue weighted by atomic mass is 16.5. The summed E-state index contributed by atoms with van der Waals surface area (Å²) < 4.78 is 10.1. The first-order valence-electron chi connectivity index (χ1n) is 8.95. The molecule has 0 heterocycles. The summed E-state index contributed by atoms with van der Waals surface area (Å²) in [6, 6.07) is 16.3. The van der Waals surface area contributed by atoms with Crippen LogP contribution < -0.4 is 5.32 Å². The van der Waals surface area contributed by atoms with Crippen LogP contribution in [0, 0.1) is 0 Å². The van der Waals surface area contributed by atoms with Gasteiger partial charge in [-0.05, 0) is 25.0 Å². The van der Waals surface area contributed by atoms with Crippen LogP contribution in [-0.4, -0.2) is 36.4 Å². The molecule has 0 bridgehead atoms. The van der Waals surface area contributed by atoms with Gasteiger partial charge in [-0.1, -0.05) is 60.7 Å². The van der Waals surface area contributed by atoms with Crippen LogP contribution in [0.15, 0.2) is 60.7 Å². The minimum atomic E-state index is -1.48. The summed E-state index contributed by atoms with van der Waals surface area (Å²) in [4.78, 5) is 24.7. The van der Waals surface area contributed by atoms with Crippen LogP contribution >= 0.6 is 0 Å². The van der Waals surface area contributed by atoms with Gasteiger partial charge in [0.2, 0.25) is 0 Å². The number of rotatable bonds is 9. The number of ether oxygens (including phenoxy) is 2. The molecule has 1 unspecified atom stereocenters. The van der Waals surface area contributed by atoms with E-state index in [9.17, 15) is 14.7 Å².